The smallest absolute Gasteiger partial charge is 0.225 e. The summed E-state index contributed by atoms with van der Waals surface area (Å²) < 4.78 is 7.83. The molecule has 7 nitrogen and oxygen atoms in total. The Morgan fingerprint density at radius 3 is 2.96 bits per heavy atom. The molecule has 1 aliphatic rings. The van der Waals surface area contributed by atoms with Crippen molar-refractivity contribution in [2.75, 3.05) is 25.6 Å². The maximum absolute atomic E-state index is 5.94. The molecule has 0 radical (unpaired) electrons. The minimum Gasteiger partial charge on any atom is -0.372 e. The molecule has 23 heavy (non-hydrogen) atoms. The monoisotopic (exact) mass is 316 g/mol. The summed E-state index contributed by atoms with van der Waals surface area (Å²) in [7, 11) is 5.84. The molecular formula is C16H24N6O. The third-order valence-corrected chi connectivity index (χ3v) is 4.32. The highest BCUT2D eigenvalue weighted by atomic mass is 16.5. The lowest BCUT2D eigenvalue weighted by Gasteiger charge is -2.20. The quantitative estimate of drug-likeness (QED) is 0.894. The molecule has 0 amide bonds. The van der Waals surface area contributed by atoms with Crippen LogP contribution in [0.15, 0.2) is 18.5 Å². The Morgan fingerprint density at radius 1 is 1.43 bits per heavy atom. The van der Waals surface area contributed by atoms with Crippen LogP contribution in [0.25, 0.3) is 0 Å². The molecule has 7 heteroatoms. The number of hydrogen-bond donors (Lipinski definition) is 1. The van der Waals surface area contributed by atoms with Gasteiger partial charge in [-0.05, 0) is 19.4 Å². The SMILES string of the molecule is Cc1c([C@H]2OCC[C@@H]2NCc2ccnc(N(C)C)n2)cnn1C. The number of nitrogens with zero attached hydrogens (tertiary/aromatic N) is 5. The molecule has 0 aliphatic carbocycles. The van der Waals surface area contributed by atoms with Gasteiger partial charge in [-0.25, -0.2) is 9.97 Å². The molecule has 0 unspecified atom stereocenters. The van der Waals surface area contributed by atoms with Crippen molar-refractivity contribution >= 4 is 5.95 Å². The van der Waals surface area contributed by atoms with Gasteiger partial charge in [-0.3, -0.25) is 4.68 Å². The number of rotatable bonds is 5. The predicted molar refractivity (Wildman–Crippen MR) is 88.2 cm³/mol. The molecule has 0 spiro atoms. The van der Waals surface area contributed by atoms with E-state index in [0.29, 0.717) is 6.54 Å². The van der Waals surface area contributed by atoms with Gasteiger partial charge in [-0.2, -0.15) is 5.10 Å². The van der Waals surface area contributed by atoms with E-state index in [9.17, 15) is 0 Å². The summed E-state index contributed by atoms with van der Waals surface area (Å²) in [5.74, 6) is 0.728. The van der Waals surface area contributed by atoms with Crippen LogP contribution in [-0.2, 0) is 18.3 Å². The lowest BCUT2D eigenvalue weighted by Crippen LogP contribution is -2.32. The van der Waals surface area contributed by atoms with E-state index in [1.165, 1.54) is 5.56 Å². The van der Waals surface area contributed by atoms with Crippen molar-refractivity contribution in [1.29, 1.82) is 0 Å². The fraction of sp³-hybridized carbons (Fsp3) is 0.562. The number of hydrogen-bond acceptors (Lipinski definition) is 6. The van der Waals surface area contributed by atoms with Crippen LogP contribution >= 0.6 is 0 Å². The third kappa shape index (κ3) is 3.35. The Labute approximate surface area is 136 Å². The van der Waals surface area contributed by atoms with Gasteiger partial charge in [0.25, 0.3) is 0 Å². The molecule has 2 aromatic heterocycles. The summed E-state index contributed by atoms with van der Waals surface area (Å²) in [5.41, 5.74) is 3.30. The molecule has 0 bridgehead atoms. The molecule has 1 fully saturated rings. The van der Waals surface area contributed by atoms with Crippen molar-refractivity contribution in [3.8, 4) is 0 Å². The zero-order chi connectivity index (χ0) is 16.4. The number of ether oxygens (including phenoxy) is 1. The van der Waals surface area contributed by atoms with Crippen LogP contribution < -0.4 is 10.2 Å². The summed E-state index contributed by atoms with van der Waals surface area (Å²) in [6.07, 6.45) is 4.76. The molecule has 2 atom stereocenters. The van der Waals surface area contributed by atoms with Gasteiger partial charge in [-0.1, -0.05) is 0 Å². The zero-order valence-corrected chi connectivity index (χ0v) is 14.2. The van der Waals surface area contributed by atoms with Gasteiger partial charge < -0.3 is 15.0 Å². The van der Waals surface area contributed by atoms with Gasteiger partial charge in [0, 0.05) is 57.8 Å². The molecule has 3 rings (SSSR count). The minimum absolute atomic E-state index is 0.0545. The van der Waals surface area contributed by atoms with Crippen molar-refractivity contribution in [2.45, 2.75) is 32.0 Å². The van der Waals surface area contributed by atoms with E-state index >= 15 is 0 Å². The Bertz CT molecular complexity index is 668. The van der Waals surface area contributed by atoms with E-state index in [1.54, 1.807) is 6.20 Å². The molecule has 1 aliphatic heterocycles. The first kappa shape index (κ1) is 15.9. The van der Waals surface area contributed by atoms with Crippen LogP contribution in [0.3, 0.4) is 0 Å². The van der Waals surface area contributed by atoms with Gasteiger partial charge in [0.1, 0.15) is 6.10 Å². The second kappa shape index (κ2) is 6.64. The number of aromatic nitrogens is 4. The second-order valence-corrected chi connectivity index (χ2v) is 6.12. The van der Waals surface area contributed by atoms with E-state index < -0.39 is 0 Å². The van der Waals surface area contributed by atoms with Crippen molar-refractivity contribution < 1.29 is 4.74 Å². The number of anilines is 1. The average Bonchev–Trinajstić information content (AvgIpc) is 3.13. The molecule has 124 valence electrons. The molecule has 3 heterocycles. The van der Waals surface area contributed by atoms with Crippen LogP contribution in [0.4, 0.5) is 5.95 Å². The van der Waals surface area contributed by atoms with Crippen LogP contribution in [0.5, 0.6) is 0 Å². The fourth-order valence-corrected chi connectivity index (χ4v) is 2.83. The summed E-state index contributed by atoms with van der Waals surface area (Å²) in [5, 5.41) is 7.91. The number of nitrogens with one attached hydrogen (secondary N) is 1. The topological polar surface area (TPSA) is 68.1 Å². The molecule has 1 saturated heterocycles. The molecule has 2 aromatic rings. The van der Waals surface area contributed by atoms with E-state index in [2.05, 4.69) is 27.3 Å². The standard InChI is InChI=1S/C16H24N6O/c1-11-13(10-19-22(11)4)15-14(6-8-23-15)18-9-12-5-7-17-16(20-12)21(2)3/h5,7,10,14-15,18H,6,8-9H2,1-4H3/t14-,15+/m0/s1. The van der Waals surface area contributed by atoms with Gasteiger partial charge in [0.05, 0.1) is 11.9 Å². The van der Waals surface area contributed by atoms with E-state index in [1.807, 2.05) is 43.0 Å². The van der Waals surface area contributed by atoms with E-state index in [4.69, 9.17) is 4.74 Å². The largest absolute Gasteiger partial charge is 0.372 e. The molecule has 0 aromatic carbocycles. The Balaban J connectivity index is 1.68. The van der Waals surface area contributed by atoms with Crippen molar-refractivity contribution in [3.63, 3.8) is 0 Å². The van der Waals surface area contributed by atoms with Gasteiger partial charge >= 0.3 is 0 Å². The van der Waals surface area contributed by atoms with Crippen molar-refractivity contribution in [2.24, 2.45) is 7.05 Å². The van der Waals surface area contributed by atoms with Gasteiger partial charge in [-0.15, -0.1) is 0 Å². The van der Waals surface area contributed by atoms with Gasteiger partial charge in [0.15, 0.2) is 0 Å². The summed E-state index contributed by atoms with van der Waals surface area (Å²) >= 11 is 0. The molecule has 0 saturated carbocycles. The molecular weight excluding hydrogens is 292 g/mol. The fourth-order valence-electron chi connectivity index (χ4n) is 2.83. The first-order valence-electron chi connectivity index (χ1n) is 7.89. The van der Waals surface area contributed by atoms with E-state index in [-0.39, 0.29) is 12.1 Å². The minimum atomic E-state index is 0.0545. The Morgan fingerprint density at radius 2 is 2.26 bits per heavy atom. The van der Waals surface area contributed by atoms with Gasteiger partial charge in [0.2, 0.25) is 5.95 Å². The average molecular weight is 316 g/mol. The summed E-state index contributed by atoms with van der Waals surface area (Å²) in [6, 6.07) is 2.22. The number of aryl methyl sites for hydroxylation is 1. The van der Waals surface area contributed by atoms with Crippen LogP contribution in [0.1, 0.15) is 29.5 Å². The van der Waals surface area contributed by atoms with Crippen LogP contribution in [0, 0.1) is 6.92 Å². The highest BCUT2D eigenvalue weighted by Gasteiger charge is 2.31. The predicted octanol–water partition coefficient (Wildman–Crippen LogP) is 1.20. The second-order valence-electron chi connectivity index (χ2n) is 6.12. The van der Waals surface area contributed by atoms with Crippen molar-refractivity contribution in [3.05, 3.63) is 35.4 Å². The van der Waals surface area contributed by atoms with Crippen LogP contribution in [-0.4, -0.2) is 46.5 Å². The third-order valence-electron chi connectivity index (χ3n) is 4.32. The lowest BCUT2D eigenvalue weighted by atomic mass is 10.0. The summed E-state index contributed by atoms with van der Waals surface area (Å²) in [4.78, 5) is 10.7. The van der Waals surface area contributed by atoms with E-state index in [0.717, 1.165) is 30.4 Å². The van der Waals surface area contributed by atoms with Crippen molar-refractivity contribution in [1.82, 2.24) is 25.1 Å². The normalized spacial score (nSPS) is 20.9. The lowest BCUT2D eigenvalue weighted by molar-refractivity contribution is 0.0978. The maximum Gasteiger partial charge on any atom is 0.225 e. The first-order chi connectivity index (χ1) is 11.1. The molecule has 1 N–H and O–H groups in total. The summed E-state index contributed by atoms with van der Waals surface area (Å²) in [6.45, 7) is 3.55. The highest BCUT2D eigenvalue weighted by Crippen LogP contribution is 2.31. The van der Waals surface area contributed by atoms with Crippen LogP contribution in [0.2, 0.25) is 0 Å². The Hall–Kier alpha value is -1.99. The Kier molecular flexibility index (Phi) is 4.58. The highest BCUT2D eigenvalue weighted by molar-refractivity contribution is 5.27. The zero-order valence-electron chi connectivity index (χ0n) is 14.2. The maximum atomic E-state index is 5.94. The first-order valence-corrected chi connectivity index (χ1v) is 7.89.